The number of nitrogens with one attached hydrogen (secondary N) is 2. The van der Waals surface area contributed by atoms with E-state index in [4.69, 9.17) is 0 Å². The molecule has 0 bridgehead atoms. The van der Waals surface area contributed by atoms with Gasteiger partial charge in [-0.3, -0.25) is 14.4 Å². The van der Waals surface area contributed by atoms with E-state index in [1.807, 2.05) is 38.1 Å². The van der Waals surface area contributed by atoms with E-state index < -0.39 is 0 Å². The van der Waals surface area contributed by atoms with Gasteiger partial charge in [0.1, 0.15) is 0 Å². The molecular weight excluding hydrogens is 392 g/mol. The number of rotatable bonds is 10. The first-order valence-electron chi connectivity index (χ1n) is 10.6. The molecular formula is C24H32N4O3. The summed E-state index contributed by atoms with van der Waals surface area (Å²) in [6.07, 6.45) is 1.10. The van der Waals surface area contributed by atoms with E-state index in [0.717, 1.165) is 11.3 Å². The molecule has 0 heterocycles. The standard InChI is InChI=1S/C24H32N4O3/c1-5-28(6-2)24(31)19-11-13-20(14-12-19)26-22(29)17-25-21-9-7-8-18(16-21)10-15-23(30)27(3)4/h7-9,11-14,16,25H,5-6,10,15,17H2,1-4H3,(H,26,29). The van der Waals surface area contributed by atoms with Gasteiger partial charge in [-0.15, -0.1) is 0 Å². The van der Waals surface area contributed by atoms with Crippen LogP contribution >= 0.6 is 0 Å². The fourth-order valence-corrected chi connectivity index (χ4v) is 3.09. The van der Waals surface area contributed by atoms with Crippen LogP contribution in [0.2, 0.25) is 0 Å². The van der Waals surface area contributed by atoms with Crippen LogP contribution in [0.3, 0.4) is 0 Å². The highest BCUT2D eigenvalue weighted by molar-refractivity contribution is 5.96. The Bertz CT molecular complexity index is 890. The number of hydrogen-bond donors (Lipinski definition) is 2. The molecule has 166 valence electrons. The van der Waals surface area contributed by atoms with Crippen molar-refractivity contribution >= 4 is 29.1 Å². The van der Waals surface area contributed by atoms with Gasteiger partial charge in [-0.05, 0) is 62.2 Å². The SMILES string of the molecule is CCN(CC)C(=O)c1ccc(NC(=O)CNc2cccc(CCC(=O)N(C)C)c2)cc1. The summed E-state index contributed by atoms with van der Waals surface area (Å²) in [7, 11) is 3.49. The number of anilines is 2. The molecule has 7 nitrogen and oxygen atoms in total. The Labute approximate surface area is 184 Å². The maximum Gasteiger partial charge on any atom is 0.253 e. The number of aryl methyl sites for hydroxylation is 1. The molecule has 0 atom stereocenters. The zero-order valence-corrected chi connectivity index (χ0v) is 18.8. The van der Waals surface area contributed by atoms with Crippen molar-refractivity contribution in [1.82, 2.24) is 9.80 Å². The number of carbonyl (C=O) groups is 3. The zero-order valence-electron chi connectivity index (χ0n) is 18.8. The number of carbonyl (C=O) groups excluding carboxylic acids is 3. The number of hydrogen-bond acceptors (Lipinski definition) is 4. The fourth-order valence-electron chi connectivity index (χ4n) is 3.09. The lowest BCUT2D eigenvalue weighted by Gasteiger charge is -2.18. The van der Waals surface area contributed by atoms with Crippen LogP contribution in [-0.2, 0) is 16.0 Å². The molecule has 0 saturated heterocycles. The van der Waals surface area contributed by atoms with Crippen LogP contribution in [0.25, 0.3) is 0 Å². The summed E-state index contributed by atoms with van der Waals surface area (Å²) in [5, 5.41) is 5.93. The van der Waals surface area contributed by atoms with Crippen LogP contribution in [0.1, 0.15) is 36.2 Å². The summed E-state index contributed by atoms with van der Waals surface area (Å²) >= 11 is 0. The highest BCUT2D eigenvalue weighted by Crippen LogP contribution is 2.14. The summed E-state index contributed by atoms with van der Waals surface area (Å²) in [6.45, 7) is 5.32. The molecule has 7 heteroatoms. The average molecular weight is 425 g/mol. The molecule has 2 aromatic rings. The molecule has 31 heavy (non-hydrogen) atoms. The van der Waals surface area contributed by atoms with Crippen molar-refractivity contribution in [3.8, 4) is 0 Å². The summed E-state index contributed by atoms with van der Waals surface area (Å²) in [5.41, 5.74) is 3.10. The Morgan fingerprint density at radius 2 is 1.58 bits per heavy atom. The summed E-state index contributed by atoms with van der Waals surface area (Å²) < 4.78 is 0. The van der Waals surface area contributed by atoms with Crippen molar-refractivity contribution in [2.75, 3.05) is 44.4 Å². The molecule has 0 unspecified atom stereocenters. The van der Waals surface area contributed by atoms with Gasteiger partial charge >= 0.3 is 0 Å². The monoisotopic (exact) mass is 424 g/mol. The lowest BCUT2D eigenvalue weighted by molar-refractivity contribution is -0.128. The summed E-state index contributed by atoms with van der Waals surface area (Å²) in [6, 6.07) is 14.6. The van der Waals surface area contributed by atoms with Crippen LogP contribution in [0.15, 0.2) is 48.5 Å². The largest absolute Gasteiger partial charge is 0.376 e. The summed E-state index contributed by atoms with van der Waals surface area (Å²) in [4.78, 5) is 39.7. The second-order valence-corrected chi connectivity index (χ2v) is 7.45. The van der Waals surface area contributed by atoms with Crippen molar-refractivity contribution in [2.45, 2.75) is 26.7 Å². The van der Waals surface area contributed by atoms with Gasteiger partial charge in [-0.1, -0.05) is 12.1 Å². The minimum Gasteiger partial charge on any atom is -0.376 e. The number of nitrogens with zero attached hydrogens (tertiary/aromatic N) is 2. The first-order chi connectivity index (χ1) is 14.8. The Balaban J connectivity index is 1.86. The first-order valence-corrected chi connectivity index (χ1v) is 10.6. The topological polar surface area (TPSA) is 81.8 Å². The van der Waals surface area contributed by atoms with Crippen molar-refractivity contribution in [1.29, 1.82) is 0 Å². The molecule has 2 rings (SSSR count). The van der Waals surface area contributed by atoms with Gasteiger partial charge < -0.3 is 20.4 Å². The molecule has 3 amide bonds. The van der Waals surface area contributed by atoms with Gasteiger partial charge in [0, 0.05) is 50.5 Å². The number of amides is 3. The van der Waals surface area contributed by atoms with Gasteiger partial charge in [-0.2, -0.15) is 0 Å². The maximum atomic E-state index is 12.4. The van der Waals surface area contributed by atoms with Crippen LogP contribution in [-0.4, -0.2) is 61.3 Å². The van der Waals surface area contributed by atoms with Crippen molar-refractivity contribution < 1.29 is 14.4 Å². The minimum absolute atomic E-state index is 0.0169. The predicted octanol–water partition coefficient (Wildman–Crippen LogP) is 3.24. The van der Waals surface area contributed by atoms with Crippen LogP contribution in [0, 0.1) is 0 Å². The van der Waals surface area contributed by atoms with Gasteiger partial charge in [0.2, 0.25) is 11.8 Å². The molecule has 0 radical (unpaired) electrons. The van der Waals surface area contributed by atoms with E-state index in [1.54, 1.807) is 48.2 Å². The van der Waals surface area contributed by atoms with Gasteiger partial charge in [0.15, 0.2) is 0 Å². The molecule has 0 saturated carbocycles. The van der Waals surface area contributed by atoms with E-state index in [9.17, 15) is 14.4 Å². The molecule has 2 aromatic carbocycles. The first kappa shape index (κ1) is 23.9. The highest BCUT2D eigenvalue weighted by Gasteiger charge is 2.12. The lowest BCUT2D eigenvalue weighted by atomic mass is 10.1. The third kappa shape index (κ3) is 7.44. The second-order valence-electron chi connectivity index (χ2n) is 7.45. The third-order valence-corrected chi connectivity index (χ3v) is 4.97. The zero-order chi connectivity index (χ0) is 22.8. The maximum absolute atomic E-state index is 12.4. The third-order valence-electron chi connectivity index (χ3n) is 4.97. The van der Waals surface area contributed by atoms with Gasteiger partial charge in [-0.25, -0.2) is 0 Å². The van der Waals surface area contributed by atoms with Crippen LogP contribution in [0.4, 0.5) is 11.4 Å². The highest BCUT2D eigenvalue weighted by atomic mass is 16.2. The minimum atomic E-state index is -0.184. The average Bonchev–Trinajstić information content (AvgIpc) is 2.77. The van der Waals surface area contributed by atoms with Gasteiger partial charge in [0.25, 0.3) is 5.91 Å². The molecule has 0 fully saturated rings. The van der Waals surface area contributed by atoms with Crippen LogP contribution < -0.4 is 10.6 Å². The smallest absolute Gasteiger partial charge is 0.253 e. The molecule has 2 N–H and O–H groups in total. The van der Waals surface area contributed by atoms with E-state index in [0.29, 0.717) is 37.2 Å². The Hall–Kier alpha value is -3.35. The van der Waals surface area contributed by atoms with E-state index in [-0.39, 0.29) is 24.3 Å². The molecule has 0 aliphatic heterocycles. The molecule has 0 spiro atoms. The van der Waals surface area contributed by atoms with Crippen molar-refractivity contribution in [3.05, 3.63) is 59.7 Å². The Kier molecular flexibility index (Phi) is 9.06. The quantitative estimate of drug-likeness (QED) is 0.614. The Morgan fingerprint density at radius 1 is 0.903 bits per heavy atom. The fraction of sp³-hybridized carbons (Fsp3) is 0.375. The molecule has 0 aromatic heterocycles. The normalized spacial score (nSPS) is 10.3. The summed E-state index contributed by atoms with van der Waals surface area (Å²) in [5.74, 6) is -0.115. The van der Waals surface area contributed by atoms with Crippen LogP contribution in [0.5, 0.6) is 0 Å². The lowest BCUT2D eigenvalue weighted by Crippen LogP contribution is -2.30. The van der Waals surface area contributed by atoms with Gasteiger partial charge in [0.05, 0.1) is 6.54 Å². The number of benzene rings is 2. The Morgan fingerprint density at radius 3 is 2.19 bits per heavy atom. The molecule has 0 aliphatic carbocycles. The second kappa shape index (κ2) is 11.7. The molecule has 0 aliphatic rings. The van der Waals surface area contributed by atoms with E-state index in [2.05, 4.69) is 10.6 Å². The van der Waals surface area contributed by atoms with E-state index in [1.165, 1.54) is 0 Å². The van der Waals surface area contributed by atoms with Crippen molar-refractivity contribution in [2.24, 2.45) is 0 Å². The predicted molar refractivity (Wildman–Crippen MR) is 124 cm³/mol. The van der Waals surface area contributed by atoms with Crippen molar-refractivity contribution in [3.63, 3.8) is 0 Å². The van der Waals surface area contributed by atoms with E-state index >= 15 is 0 Å².